The molecule has 38 heavy (non-hydrogen) atoms. The summed E-state index contributed by atoms with van der Waals surface area (Å²) in [6.45, 7) is 4.92. The maximum atomic E-state index is 15.8. The molecular weight excluding hydrogens is 528 g/mol. The van der Waals surface area contributed by atoms with Crippen molar-refractivity contribution in [1.29, 1.82) is 0 Å². The minimum atomic E-state index is -4.32. The summed E-state index contributed by atoms with van der Waals surface area (Å²) in [7, 11) is -4.32. The number of alkyl halides is 1. The number of urea groups is 1. The number of imide groups is 1. The minimum absolute atomic E-state index is 0.108. The largest absolute Gasteiger partial charge is 0.462 e. The number of aliphatic hydroxyl groups excluding tert-OH is 1. The van der Waals surface area contributed by atoms with Gasteiger partial charge in [-0.1, -0.05) is 18.2 Å². The van der Waals surface area contributed by atoms with Crippen LogP contribution in [0.25, 0.3) is 0 Å². The van der Waals surface area contributed by atoms with E-state index in [4.69, 9.17) is 18.5 Å². The van der Waals surface area contributed by atoms with Crippen molar-refractivity contribution in [2.75, 3.05) is 13.2 Å². The van der Waals surface area contributed by atoms with Crippen LogP contribution in [-0.2, 0) is 28.2 Å². The Kier molecular flexibility index (Phi) is 9.17. The molecule has 2 fully saturated rings. The van der Waals surface area contributed by atoms with Crippen molar-refractivity contribution in [1.82, 2.24) is 15.3 Å². The number of esters is 1. The lowest BCUT2D eigenvalue weighted by molar-refractivity contribution is -0.200. The molecule has 0 aromatic heterocycles. The molecule has 6 atom stereocenters. The predicted octanol–water partition coefficient (Wildman–Crippen LogP) is 1.59. The van der Waals surface area contributed by atoms with Gasteiger partial charge < -0.3 is 24.2 Å². The maximum Gasteiger partial charge on any atom is 0.459 e. The number of carbonyl (C=O) groups excluding carboxylic acids is 3. The Bertz CT molecular complexity index is 1070. The monoisotopic (exact) mass is 561 g/mol. The van der Waals surface area contributed by atoms with Crippen LogP contribution in [0.15, 0.2) is 30.3 Å². The first-order chi connectivity index (χ1) is 17.7. The first-order valence-corrected chi connectivity index (χ1v) is 13.6. The van der Waals surface area contributed by atoms with E-state index < -0.39 is 74.6 Å². The second-order valence-electron chi connectivity index (χ2n) is 9.50. The summed E-state index contributed by atoms with van der Waals surface area (Å²) in [6, 6.07) is 5.86. The molecule has 3 amide bonds. The van der Waals surface area contributed by atoms with Gasteiger partial charge in [-0.25, -0.2) is 13.8 Å². The van der Waals surface area contributed by atoms with Crippen molar-refractivity contribution >= 4 is 25.7 Å². The molecule has 4 N–H and O–H groups in total. The lowest BCUT2D eigenvalue weighted by Gasteiger charge is -2.36. The molecule has 1 aromatic rings. The highest BCUT2D eigenvalue weighted by molar-refractivity contribution is 7.52. The molecule has 3 rings (SSSR count). The SMILES string of the molecule is CC(C)OC(=O)[C@H](C)NP(=O)(OCC[C@@]1(F)O[C@@H](N2CCC(=O)NC2=O)[C@](C)(O)[C@@H]1O)Oc1ccccc1. The van der Waals surface area contributed by atoms with Crippen molar-refractivity contribution in [2.45, 2.75) is 76.5 Å². The van der Waals surface area contributed by atoms with Crippen LogP contribution in [0.5, 0.6) is 5.75 Å². The van der Waals surface area contributed by atoms with Gasteiger partial charge in [0.2, 0.25) is 11.8 Å². The van der Waals surface area contributed by atoms with Crippen molar-refractivity contribution in [2.24, 2.45) is 0 Å². The number of hydrogen-bond donors (Lipinski definition) is 4. The third-order valence-electron chi connectivity index (χ3n) is 5.87. The zero-order valence-corrected chi connectivity index (χ0v) is 22.4. The van der Waals surface area contributed by atoms with E-state index >= 15 is 4.39 Å². The van der Waals surface area contributed by atoms with Crippen LogP contribution in [0.3, 0.4) is 0 Å². The van der Waals surface area contributed by atoms with Crippen LogP contribution in [-0.4, -0.2) is 82.1 Å². The minimum Gasteiger partial charge on any atom is -0.462 e. The smallest absolute Gasteiger partial charge is 0.459 e. The van der Waals surface area contributed by atoms with E-state index in [0.29, 0.717) is 0 Å². The Labute approximate surface area is 219 Å². The van der Waals surface area contributed by atoms with Gasteiger partial charge in [0.05, 0.1) is 12.7 Å². The van der Waals surface area contributed by atoms with Crippen LogP contribution in [0.1, 0.15) is 40.5 Å². The Hall–Kier alpha value is -2.61. The van der Waals surface area contributed by atoms with E-state index in [1.54, 1.807) is 32.0 Å². The van der Waals surface area contributed by atoms with E-state index in [2.05, 4.69) is 5.09 Å². The molecule has 0 saturated carbocycles. The number of benzene rings is 1. The number of nitrogens with one attached hydrogen (secondary N) is 2. The number of carbonyl (C=O) groups is 3. The first-order valence-electron chi connectivity index (χ1n) is 12.0. The highest BCUT2D eigenvalue weighted by atomic mass is 31.2. The number of nitrogens with zero attached hydrogens (tertiary/aromatic N) is 1. The molecule has 1 unspecified atom stereocenters. The number of para-hydroxylation sites is 1. The Morgan fingerprint density at radius 3 is 2.58 bits per heavy atom. The molecule has 0 radical (unpaired) electrons. The van der Waals surface area contributed by atoms with Crippen molar-refractivity contribution in [3.8, 4) is 5.75 Å². The molecule has 2 aliphatic heterocycles. The van der Waals surface area contributed by atoms with E-state index in [9.17, 15) is 29.2 Å². The Balaban J connectivity index is 1.72. The fourth-order valence-electron chi connectivity index (χ4n) is 3.96. The quantitative estimate of drug-likeness (QED) is 0.228. The maximum absolute atomic E-state index is 15.8. The van der Waals surface area contributed by atoms with E-state index in [-0.39, 0.29) is 18.7 Å². The topological polar surface area (TPSA) is 173 Å². The third-order valence-corrected chi connectivity index (χ3v) is 7.55. The highest BCUT2D eigenvalue weighted by Gasteiger charge is 2.64. The highest BCUT2D eigenvalue weighted by Crippen LogP contribution is 2.47. The van der Waals surface area contributed by atoms with Crippen LogP contribution >= 0.6 is 7.75 Å². The molecule has 1 aromatic carbocycles. The van der Waals surface area contributed by atoms with Gasteiger partial charge in [0.25, 0.3) is 0 Å². The predicted molar refractivity (Wildman–Crippen MR) is 129 cm³/mol. The molecule has 13 nitrogen and oxygen atoms in total. The number of hydrogen-bond acceptors (Lipinski definition) is 10. The van der Waals surface area contributed by atoms with Crippen LogP contribution < -0.4 is 14.9 Å². The van der Waals surface area contributed by atoms with Gasteiger partial charge in [0, 0.05) is 19.4 Å². The molecule has 0 aliphatic carbocycles. The zero-order valence-electron chi connectivity index (χ0n) is 21.5. The van der Waals surface area contributed by atoms with Crippen molar-refractivity contribution in [3.63, 3.8) is 0 Å². The molecule has 212 valence electrons. The van der Waals surface area contributed by atoms with Crippen LogP contribution in [0.2, 0.25) is 0 Å². The van der Waals surface area contributed by atoms with Gasteiger partial charge >= 0.3 is 19.7 Å². The lowest BCUT2D eigenvalue weighted by atomic mass is 9.93. The van der Waals surface area contributed by atoms with E-state index in [0.717, 1.165) is 11.8 Å². The molecule has 15 heteroatoms. The number of rotatable bonds is 11. The van der Waals surface area contributed by atoms with Gasteiger partial charge in [-0.2, -0.15) is 5.09 Å². The summed E-state index contributed by atoms with van der Waals surface area (Å²) in [5, 5.41) is 25.9. The number of amides is 3. The van der Waals surface area contributed by atoms with Gasteiger partial charge in [0.15, 0.2) is 6.23 Å². The molecule has 0 bridgehead atoms. The number of halogens is 1. The first kappa shape index (κ1) is 29.9. The second-order valence-corrected chi connectivity index (χ2v) is 11.2. The average molecular weight is 562 g/mol. The third kappa shape index (κ3) is 6.87. The summed E-state index contributed by atoms with van der Waals surface area (Å²) in [6.07, 6.45) is -5.06. The Morgan fingerprint density at radius 2 is 1.97 bits per heavy atom. The molecule has 0 spiro atoms. The average Bonchev–Trinajstić information content (AvgIpc) is 2.99. The number of aliphatic hydroxyl groups is 2. The lowest BCUT2D eigenvalue weighted by Crippen LogP contribution is -2.60. The number of ether oxygens (including phenoxy) is 2. The summed E-state index contributed by atoms with van der Waals surface area (Å²) < 4.78 is 50.6. The van der Waals surface area contributed by atoms with Crippen molar-refractivity contribution < 1.29 is 52.1 Å². The van der Waals surface area contributed by atoms with Gasteiger partial charge in [-0.15, -0.1) is 0 Å². The summed E-state index contributed by atoms with van der Waals surface area (Å²) in [5.41, 5.74) is -2.26. The van der Waals surface area contributed by atoms with E-state index in [1.807, 2.05) is 5.32 Å². The van der Waals surface area contributed by atoms with Crippen molar-refractivity contribution in [3.05, 3.63) is 30.3 Å². The Morgan fingerprint density at radius 1 is 1.32 bits per heavy atom. The van der Waals surface area contributed by atoms with Gasteiger partial charge in [0.1, 0.15) is 23.5 Å². The van der Waals surface area contributed by atoms with Gasteiger partial charge in [-0.05, 0) is 39.8 Å². The van der Waals surface area contributed by atoms with Crippen LogP contribution in [0.4, 0.5) is 9.18 Å². The zero-order chi connectivity index (χ0) is 28.3. The molecular formula is C23H33FN3O10P. The standard InChI is InChI=1S/C23H33FN3O10P/c1-14(2)35-18(29)15(3)26-38(33,37-16-8-6-5-7-9-16)34-13-11-23(24)19(30)22(4,32)20(36-23)27-12-10-17(28)25-21(27)31/h5-9,14-15,19-20,30,32H,10-13H2,1-4H3,(H,26,33)(H,25,28,31)/t15-,19-,20+,22+,23+,38?/m0/s1. The normalized spacial score (nSPS) is 30.1. The molecule has 2 heterocycles. The summed E-state index contributed by atoms with van der Waals surface area (Å²) >= 11 is 0. The molecule has 2 saturated heterocycles. The van der Waals surface area contributed by atoms with Crippen LogP contribution in [0, 0.1) is 0 Å². The summed E-state index contributed by atoms with van der Waals surface area (Å²) in [4.78, 5) is 36.8. The summed E-state index contributed by atoms with van der Waals surface area (Å²) in [5.74, 6) is -4.07. The second kappa shape index (κ2) is 11.6. The fourth-order valence-corrected chi connectivity index (χ4v) is 5.45. The molecule has 2 aliphatic rings. The van der Waals surface area contributed by atoms with Gasteiger partial charge in [-0.3, -0.25) is 24.3 Å². The fraction of sp³-hybridized carbons (Fsp3) is 0.609. The van der Waals surface area contributed by atoms with E-state index in [1.165, 1.54) is 19.1 Å².